The van der Waals surface area contributed by atoms with E-state index in [1.165, 1.54) is 6.07 Å². The summed E-state index contributed by atoms with van der Waals surface area (Å²) in [7, 11) is 0. The summed E-state index contributed by atoms with van der Waals surface area (Å²) < 4.78 is 28.8. The molecule has 1 unspecified atom stereocenters. The van der Waals surface area contributed by atoms with Gasteiger partial charge in [0.2, 0.25) is 0 Å². The second-order valence-electron chi connectivity index (χ2n) is 4.43. The number of benzene rings is 1. The lowest BCUT2D eigenvalue weighted by Crippen LogP contribution is -2.30. The highest BCUT2D eigenvalue weighted by Crippen LogP contribution is 2.19. The number of ether oxygens (including phenoxy) is 1. The van der Waals surface area contributed by atoms with Crippen molar-refractivity contribution in [2.75, 3.05) is 6.54 Å². The molecule has 5 heteroatoms. The summed E-state index contributed by atoms with van der Waals surface area (Å²) in [5.41, 5.74) is 0.647. The van der Waals surface area contributed by atoms with Crippen molar-refractivity contribution >= 4 is 0 Å². The van der Waals surface area contributed by atoms with Crippen molar-refractivity contribution in [2.24, 2.45) is 5.92 Å². The highest BCUT2D eigenvalue weighted by Gasteiger charge is 2.11. The zero-order valence-corrected chi connectivity index (χ0v) is 10.6. The second-order valence-corrected chi connectivity index (χ2v) is 4.43. The van der Waals surface area contributed by atoms with Gasteiger partial charge in [-0.05, 0) is 12.0 Å². The molecule has 0 heterocycles. The minimum absolute atomic E-state index is 0.157. The van der Waals surface area contributed by atoms with Crippen LogP contribution in [-0.2, 0) is 6.54 Å². The van der Waals surface area contributed by atoms with Crippen LogP contribution in [-0.4, -0.2) is 24.4 Å². The third-order valence-electron chi connectivity index (χ3n) is 2.63. The van der Waals surface area contributed by atoms with E-state index in [1.807, 2.05) is 13.8 Å². The van der Waals surface area contributed by atoms with Crippen molar-refractivity contribution in [3.63, 3.8) is 0 Å². The van der Waals surface area contributed by atoms with Gasteiger partial charge < -0.3 is 15.2 Å². The molecule has 0 saturated carbocycles. The van der Waals surface area contributed by atoms with Crippen molar-refractivity contribution in [2.45, 2.75) is 33.1 Å². The van der Waals surface area contributed by atoms with E-state index in [1.54, 1.807) is 18.2 Å². The number of hydrogen-bond acceptors (Lipinski definition) is 3. The predicted molar refractivity (Wildman–Crippen MR) is 65.6 cm³/mol. The third kappa shape index (κ3) is 4.98. The number of nitrogens with one attached hydrogen (secondary N) is 1. The van der Waals surface area contributed by atoms with E-state index in [0.29, 0.717) is 18.7 Å². The number of rotatable bonds is 7. The molecule has 0 bridgehead atoms. The van der Waals surface area contributed by atoms with Crippen LogP contribution < -0.4 is 10.1 Å². The Morgan fingerprint density at radius 3 is 2.56 bits per heavy atom. The monoisotopic (exact) mass is 259 g/mol. The van der Waals surface area contributed by atoms with Gasteiger partial charge in [0.25, 0.3) is 0 Å². The molecule has 102 valence electrons. The number of para-hydroxylation sites is 1. The molecule has 0 amide bonds. The first-order valence-electron chi connectivity index (χ1n) is 5.92. The average Bonchev–Trinajstić information content (AvgIpc) is 2.30. The van der Waals surface area contributed by atoms with E-state index in [9.17, 15) is 13.9 Å². The largest absolute Gasteiger partial charge is 0.434 e. The average molecular weight is 259 g/mol. The molecule has 0 saturated heterocycles. The first-order valence-corrected chi connectivity index (χ1v) is 5.92. The fraction of sp³-hybridized carbons (Fsp3) is 0.538. The van der Waals surface area contributed by atoms with E-state index < -0.39 is 12.7 Å². The Kier molecular flexibility index (Phi) is 6.01. The van der Waals surface area contributed by atoms with Crippen LogP contribution >= 0.6 is 0 Å². The van der Waals surface area contributed by atoms with Gasteiger partial charge in [0.05, 0.1) is 6.10 Å². The Hall–Kier alpha value is -1.20. The minimum atomic E-state index is -2.83. The maximum atomic E-state index is 12.2. The van der Waals surface area contributed by atoms with Crippen molar-refractivity contribution in [1.82, 2.24) is 5.32 Å². The van der Waals surface area contributed by atoms with Gasteiger partial charge >= 0.3 is 6.61 Å². The first-order chi connectivity index (χ1) is 8.50. The smallest absolute Gasteiger partial charge is 0.387 e. The fourth-order valence-electron chi connectivity index (χ4n) is 1.45. The Balaban J connectivity index is 2.51. The molecule has 0 fully saturated rings. The van der Waals surface area contributed by atoms with Gasteiger partial charge in [-0.1, -0.05) is 32.0 Å². The summed E-state index contributed by atoms with van der Waals surface area (Å²) in [4.78, 5) is 0. The van der Waals surface area contributed by atoms with Crippen LogP contribution in [0.15, 0.2) is 24.3 Å². The van der Waals surface area contributed by atoms with Crippen molar-refractivity contribution in [3.8, 4) is 5.75 Å². The van der Waals surface area contributed by atoms with E-state index in [2.05, 4.69) is 10.1 Å². The van der Waals surface area contributed by atoms with Crippen molar-refractivity contribution in [1.29, 1.82) is 0 Å². The van der Waals surface area contributed by atoms with Crippen LogP contribution in [0.2, 0.25) is 0 Å². The molecule has 1 rings (SSSR count). The summed E-state index contributed by atoms with van der Waals surface area (Å²) in [5.74, 6) is 0.323. The molecule has 0 spiro atoms. The van der Waals surface area contributed by atoms with Gasteiger partial charge in [0.1, 0.15) is 5.75 Å². The highest BCUT2D eigenvalue weighted by atomic mass is 19.3. The zero-order valence-electron chi connectivity index (χ0n) is 10.6. The van der Waals surface area contributed by atoms with Gasteiger partial charge in [0.15, 0.2) is 0 Å². The molecule has 18 heavy (non-hydrogen) atoms. The van der Waals surface area contributed by atoms with Crippen LogP contribution in [0.4, 0.5) is 8.78 Å². The number of aliphatic hydroxyl groups excluding tert-OH is 1. The normalized spacial score (nSPS) is 13.1. The molecule has 3 nitrogen and oxygen atoms in total. The van der Waals surface area contributed by atoms with E-state index in [0.717, 1.165) is 0 Å². The SMILES string of the molecule is CC(C)C(O)CNCc1ccccc1OC(F)F. The topological polar surface area (TPSA) is 41.5 Å². The van der Waals surface area contributed by atoms with Crippen LogP contribution in [0.1, 0.15) is 19.4 Å². The van der Waals surface area contributed by atoms with E-state index >= 15 is 0 Å². The van der Waals surface area contributed by atoms with Gasteiger partial charge in [0, 0.05) is 18.7 Å². The lowest BCUT2D eigenvalue weighted by molar-refractivity contribution is -0.0505. The Morgan fingerprint density at radius 2 is 1.94 bits per heavy atom. The zero-order chi connectivity index (χ0) is 13.5. The van der Waals surface area contributed by atoms with Crippen LogP contribution in [0, 0.1) is 5.92 Å². The maximum Gasteiger partial charge on any atom is 0.387 e. The molecule has 1 atom stereocenters. The van der Waals surface area contributed by atoms with Crippen molar-refractivity contribution < 1.29 is 18.6 Å². The summed E-state index contributed by atoms with van der Waals surface area (Å²) in [6, 6.07) is 6.62. The Morgan fingerprint density at radius 1 is 1.28 bits per heavy atom. The van der Waals surface area contributed by atoms with E-state index in [-0.39, 0.29) is 11.7 Å². The van der Waals surface area contributed by atoms with Gasteiger partial charge in [-0.25, -0.2) is 0 Å². The number of aliphatic hydroxyl groups is 1. The van der Waals surface area contributed by atoms with Crippen LogP contribution in [0.3, 0.4) is 0 Å². The molecule has 0 aliphatic heterocycles. The fourth-order valence-corrected chi connectivity index (χ4v) is 1.45. The maximum absolute atomic E-state index is 12.2. The van der Waals surface area contributed by atoms with Gasteiger partial charge in [-0.3, -0.25) is 0 Å². The number of alkyl halides is 2. The second kappa shape index (κ2) is 7.28. The van der Waals surface area contributed by atoms with Gasteiger partial charge in [-0.15, -0.1) is 0 Å². The third-order valence-corrected chi connectivity index (χ3v) is 2.63. The summed E-state index contributed by atoms with van der Waals surface area (Å²) in [6.45, 7) is 1.81. The lowest BCUT2D eigenvalue weighted by Gasteiger charge is -2.16. The molecule has 0 aromatic heterocycles. The minimum Gasteiger partial charge on any atom is -0.434 e. The quantitative estimate of drug-likeness (QED) is 0.790. The molecule has 1 aromatic carbocycles. The predicted octanol–water partition coefficient (Wildman–Crippen LogP) is 2.39. The molecular weight excluding hydrogens is 240 g/mol. The molecule has 2 N–H and O–H groups in total. The molecule has 0 radical (unpaired) electrons. The Labute approximate surface area is 106 Å². The summed E-state index contributed by atoms with van der Waals surface area (Å²) in [5, 5.41) is 12.6. The van der Waals surface area contributed by atoms with E-state index in [4.69, 9.17) is 0 Å². The highest BCUT2D eigenvalue weighted by molar-refractivity contribution is 5.33. The summed E-state index contributed by atoms with van der Waals surface area (Å²) in [6.07, 6.45) is -0.451. The number of halogens is 2. The number of hydrogen-bond donors (Lipinski definition) is 2. The molecular formula is C13H19F2NO2. The van der Waals surface area contributed by atoms with Crippen LogP contribution in [0.25, 0.3) is 0 Å². The van der Waals surface area contributed by atoms with Crippen molar-refractivity contribution in [3.05, 3.63) is 29.8 Å². The summed E-state index contributed by atoms with van der Waals surface area (Å²) >= 11 is 0. The molecule has 0 aliphatic carbocycles. The lowest BCUT2D eigenvalue weighted by atomic mass is 10.1. The Bertz CT molecular complexity index is 359. The standard InChI is InChI=1S/C13H19F2NO2/c1-9(2)11(17)8-16-7-10-5-3-4-6-12(10)18-13(14)15/h3-6,9,11,13,16-17H,7-8H2,1-2H3. The van der Waals surface area contributed by atoms with Gasteiger partial charge in [-0.2, -0.15) is 8.78 Å². The first kappa shape index (κ1) is 14.9. The van der Waals surface area contributed by atoms with Crippen LogP contribution in [0.5, 0.6) is 5.75 Å². The molecule has 0 aliphatic rings. The molecule has 1 aromatic rings.